The lowest BCUT2D eigenvalue weighted by Gasteiger charge is -2.17. The molecular weight excluding hydrogens is 377 g/mol. The number of hydrogen-bond donors (Lipinski definition) is 2. The van der Waals surface area contributed by atoms with E-state index in [1.165, 1.54) is 23.8 Å². The predicted molar refractivity (Wildman–Crippen MR) is 96.4 cm³/mol. The minimum atomic E-state index is -2.28. The van der Waals surface area contributed by atoms with E-state index >= 15 is 0 Å². The van der Waals surface area contributed by atoms with Gasteiger partial charge in [0.05, 0.1) is 12.2 Å². The van der Waals surface area contributed by atoms with E-state index in [1.54, 1.807) is 13.8 Å². The van der Waals surface area contributed by atoms with Crippen molar-refractivity contribution in [2.45, 2.75) is 58.6 Å². The molecule has 2 heterocycles. The highest BCUT2D eigenvalue weighted by Crippen LogP contribution is 2.34. The first kappa shape index (κ1) is 21.4. The smallest absolute Gasteiger partial charge is 0.462 e. The SMILES string of the molecule is CC(C)OC(=O)[C@H](C)N[P+](=O)OCC1C[C@H](C)C(n2ccc(=O)[nH]c2=O)O1. The number of carbonyl (C=O) groups excluding carboxylic acids is 1. The number of hydrogen-bond acceptors (Lipinski definition) is 7. The van der Waals surface area contributed by atoms with Crippen molar-refractivity contribution in [3.05, 3.63) is 33.1 Å². The van der Waals surface area contributed by atoms with Crippen LogP contribution in [-0.2, 0) is 23.4 Å². The summed E-state index contributed by atoms with van der Waals surface area (Å²) in [6.07, 6.45) is 0.790. The average Bonchev–Trinajstić information content (AvgIpc) is 2.93. The van der Waals surface area contributed by atoms with E-state index in [2.05, 4.69) is 10.1 Å². The van der Waals surface area contributed by atoms with E-state index in [4.69, 9.17) is 14.0 Å². The van der Waals surface area contributed by atoms with Gasteiger partial charge >= 0.3 is 19.8 Å². The van der Waals surface area contributed by atoms with Gasteiger partial charge in [-0.05, 0) is 31.8 Å². The molecule has 1 aromatic rings. The van der Waals surface area contributed by atoms with E-state index < -0.39 is 37.7 Å². The molecule has 0 radical (unpaired) electrons. The van der Waals surface area contributed by atoms with Crippen LogP contribution in [0.3, 0.4) is 0 Å². The van der Waals surface area contributed by atoms with Gasteiger partial charge in [0.25, 0.3) is 5.56 Å². The standard InChI is InChI=1S/C16H24N3O7P/c1-9(2)25-15(21)11(4)18-27(23)24-8-12-7-10(3)14(26-12)19-6-5-13(20)17-16(19)22/h5-6,9-12,14H,7-8H2,1-4H3,(H-,17,18,20,22,23)/p+1/t10-,11-,12?,14?/m0/s1. The minimum Gasteiger partial charge on any atom is -0.462 e. The van der Waals surface area contributed by atoms with Gasteiger partial charge in [0.2, 0.25) is 0 Å². The number of nitrogens with one attached hydrogen (secondary N) is 2. The van der Waals surface area contributed by atoms with Crippen LogP contribution in [0.15, 0.2) is 21.9 Å². The second-order valence-electron chi connectivity index (χ2n) is 6.77. The van der Waals surface area contributed by atoms with E-state index in [-0.39, 0.29) is 24.7 Å². The fourth-order valence-electron chi connectivity index (χ4n) is 2.73. The van der Waals surface area contributed by atoms with Gasteiger partial charge in [-0.25, -0.2) is 4.79 Å². The average molecular weight is 402 g/mol. The largest absolute Gasteiger partial charge is 0.613 e. The summed E-state index contributed by atoms with van der Waals surface area (Å²) in [6.45, 7) is 6.93. The molecule has 2 rings (SSSR count). The summed E-state index contributed by atoms with van der Waals surface area (Å²) >= 11 is 0. The lowest BCUT2D eigenvalue weighted by molar-refractivity contribution is -0.149. The molecule has 0 aromatic carbocycles. The molecule has 0 aliphatic carbocycles. The Morgan fingerprint density at radius 1 is 1.44 bits per heavy atom. The molecule has 2 N–H and O–H groups in total. The molecule has 0 amide bonds. The summed E-state index contributed by atoms with van der Waals surface area (Å²) in [4.78, 5) is 37.0. The Morgan fingerprint density at radius 2 is 2.15 bits per heavy atom. The van der Waals surface area contributed by atoms with Crippen molar-refractivity contribution in [1.29, 1.82) is 0 Å². The third kappa shape index (κ3) is 6.07. The van der Waals surface area contributed by atoms with Gasteiger partial charge in [-0.2, -0.15) is 0 Å². The maximum atomic E-state index is 12.0. The number of aromatic amines is 1. The van der Waals surface area contributed by atoms with Gasteiger partial charge in [-0.15, -0.1) is 4.52 Å². The topological polar surface area (TPSA) is 129 Å². The molecule has 10 nitrogen and oxygen atoms in total. The Labute approximate surface area is 157 Å². The van der Waals surface area contributed by atoms with Crippen LogP contribution in [-0.4, -0.2) is 40.4 Å². The molecule has 1 saturated heterocycles. The summed E-state index contributed by atoms with van der Waals surface area (Å²) < 4.78 is 29.4. The Kier molecular flexibility index (Phi) is 7.43. The molecule has 5 atom stereocenters. The maximum absolute atomic E-state index is 12.0. The first-order valence-electron chi connectivity index (χ1n) is 8.71. The molecule has 11 heteroatoms. The quantitative estimate of drug-likeness (QED) is 0.488. The van der Waals surface area contributed by atoms with Gasteiger partial charge in [-0.1, -0.05) is 12.0 Å². The number of esters is 1. The van der Waals surface area contributed by atoms with Crippen molar-refractivity contribution in [1.82, 2.24) is 14.6 Å². The summed E-state index contributed by atoms with van der Waals surface area (Å²) in [6, 6.07) is 0.478. The van der Waals surface area contributed by atoms with Crippen molar-refractivity contribution in [3.63, 3.8) is 0 Å². The maximum Gasteiger partial charge on any atom is 0.613 e. The fraction of sp³-hybridized carbons (Fsp3) is 0.688. The van der Waals surface area contributed by atoms with Crippen LogP contribution < -0.4 is 16.3 Å². The van der Waals surface area contributed by atoms with Gasteiger partial charge in [0.15, 0.2) is 0 Å². The summed E-state index contributed by atoms with van der Waals surface area (Å²) in [7, 11) is -2.28. The fourth-order valence-corrected chi connectivity index (χ4v) is 3.52. The number of nitrogens with zero attached hydrogens (tertiary/aromatic N) is 1. The van der Waals surface area contributed by atoms with Crippen molar-refractivity contribution >= 4 is 14.1 Å². The highest BCUT2D eigenvalue weighted by atomic mass is 31.1. The Morgan fingerprint density at radius 3 is 2.78 bits per heavy atom. The highest BCUT2D eigenvalue weighted by molar-refractivity contribution is 7.36. The zero-order chi connectivity index (χ0) is 20.1. The summed E-state index contributed by atoms with van der Waals surface area (Å²) in [5.41, 5.74) is -1.03. The molecule has 0 bridgehead atoms. The number of rotatable bonds is 8. The summed E-state index contributed by atoms with van der Waals surface area (Å²) in [5.74, 6) is -0.520. The molecule has 1 fully saturated rings. The molecule has 1 aliphatic heterocycles. The number of carbonyl (C=O) groups is 1. The van der Waals surface area contributed by atoms with E-state index in [9.17, 15) is 18.9 Å². The second kappa shape index (κ2) is 9.36. The van der Waals surface area contributed by atoms with Gasteiger partial charge in [0.1, 0.15) is 18.9 Å². The van der Waals surface area contributed by atoms with Crippen LogP contribution in [0, 0.1) is 5.92 Å². The first-order valence-corrected chi connectivity index (χ1v) is 9.89. The molecule has 1 aliphatic rings. The Bertz CT molecular complexity index is 791. The zero-order valence-corrected chi connectivity index (χ0v) is 16.6. The van der Waals surface area contributed by atoms with E-state index in [1.807, 2.05) is 6.92 Å². The molecule has 3 unspecified atom stereocenters. The lowest BCUT2D eigenvalue weighted by Crippen LogP contribution is -2.33. The molecule has 0 saturated carbocycles. The Hall–Kier alpha value is -1.87. The van der Waals surface area contributed by atoms with Crippen LogP contribution in [0.1, 0.15) is 40.3 Å². The number of aromatic nitrogens is 2. The monoisotopic (exact) mass is 402 g/mol. The van der Waals surface area contributed by atoms with Gasteiger partial charge in [-0.3, -0.25) is 19.1 Å². The van der Waals surface area contributed by atoms with Crippen LogP contribution in [0.5, 0.6) is 0 Å². The molecule has 27 heavy (non-hydrogen) atoms. The second-order valence-corrected chi connectivity index (χ2v) is 7.80. The van der Waals surface area contributed by atoms with Crippen molar-refractivity contribution in [3.8, 4) is 0 Å². The highest BCUT2D eigenvalue weighted by Gasteiger charge is 2.37. The predicted octanol–water partition coefficient (Wildman–Crippen LogP) is 1.06. The molecular formula is C16H25N3O7P+. The van der Waals surface area contributed by atoms with Crippen LogP contribution in [0.4, 0.5) is 0 Å². The van der Waals surface area contributed by atoms with Crippen LogP contribution in [0.25, 0.3) is 0 Å². The number of H-pyrrole nitrogens is 1. The van der Waals surface area contributed by atoms with E-state index in [0.29, 0.717) is 6.42 Å². The van der Waals surface area contributed by atoms with Crippen molar-refractivity contribution in [2.24, 2.45) is 5.92 Å². The minimum absolute atomic E-state index is 0.00650. The summed E-state index contributed by atoms with van der Waals surface area (Å²) in [5, 5.41) is 2.54. The number of ether oxygens (including phenoxy) is 2. The van der Waals surface area contributed by atoms with Gasteiger partial charge < -0.3 is 9.47 Å². The molecule has 0 spiro atoms. The van der Waals surface area contributed by atoms with Crippen molar-refractivity contribution < 1.29 is 23.4 Å². The van der Waals surface area contributed by atoms with Crippen LogP contribution in [0.2, 0.25) is 0 Å². The molecule has 150 valence electrons. The zero-order valence-electron chi connectivity index (χ0n) is 15.7. The first-order chi connectivity index (χ1) is 12.7. The van der Waals surface area contributed by atoms with Crippen LogP contribution >= 0.6 is 8.18 Å². The molecule has 1 aromatic heterocycles. The third-order valence-corrected chi connectivity index (χ3v) is 4.94. The third-order valence-electron chi connectivity index (χ3n) is 3.96. The van der Waals surface area contributed by atoms with E-state index in [0.717, 1.165) is 0 Å². The van der Waals surface area contributed by atoms with Crippen molar-refractivity contribution in [2.75, 3.05) is 6.61 Å². The van der Waals surface area contributed by atoms with Gasteiger partial charge in [0, 0.05) is 18.2 Å². The lowest BCUT2D eigenvalue weighted by atomic mass is 10.1. The Balaban J connectivity index is 1.85. The normalized spacial score (nSPS) is 24.0.